The molecule has 3 N–H and O–H groups in total. The molecule has 4 nitrogen and oxygen atoms in total. The molecular weight excluding hydrogens is 270 g/mol. The number of pyridine rings is 1. The van der Waals surface area contributed by atoms with Crippen molar-refractivity contribution in [1.29, 1.82) is 0 Å². The fraction of sp³-hybridized carbons (Fsp3) is 0.545. The monoisotopic (exact) mass is 285 g/mol. The molecule has 0 spiro atoms. The molecule has 1 heterocycles. The summed E-state index contributed by atoms with van der Waals surface area (Å²) in [5.41, 5.74) is 6.29. The maximum absolute atomic E-state index is 5.63. The van der Waals surface area contributed by atoms with Crippen molar-refractivity contribution in [2.24, 2.45) is 0 Å². The van der Waals surface area contributed by atoms with Gasteiger partial charge < -0.3 is 15.8 Å². The lowest BCUT2D eigenvalue weighted by Crippen LogP contribution is -2.41. The molecule has 16 heavy (non-hydrogen) atoms. The Balaban J connectivity index is 1.87. The molecule has 1 fully saturated rings. The van der Waals surface area contributed by atoms with E-state index < -0.39 is 0 Å². The van der Waals surface area contributed by atoms with E-state index in [1.54, 1.807) is 6.20 Å². The number of nitrogens with one attached hydrogen (secondary N) is 1. The highest BCUT2D eigenvalue weighted by atomic mass is 79.9. The van der Waals surface area contributed by atoms with Gasteiger partial charge in [0.15, 0.2) is 0 Å². The summed E-state index contributed by atoms with van der Waals surface area (Å²) in [5, 5.41) is 3.37. The van der Waals surface area contributed by atoms with E-state index in [2.05, 4.69) is 26.2 Å². The van der Waals surface area contributed by atoms with Crippen LogP contribution in [-0.2, 0) is 4.74 Å². The van der Waals surface area contributed by atoms with Crippen molar-refractivity contribution >= 4 is 27.4 Å². The molecule has 1 aliphatic rings. The minimum atomic E-state index is 0.412. The highest BCUT2D eigenvalue weighted by Gasteiger charge is 2.29. The van der Waals surface area contributed by atoms with Crippen molar-refractivity contribution < 1.29 is 4.74 Å². The van der Waals surface area contributed by atoms with Crippen LogP contribution in [0.15, 0.2) is 16.7 Å². The van der Waals surface area contributed by atoms with Gasteiger partial charge in [0.2, 0.25) is 0 Å². The zero-order chi connectivity index (χ0) is 11.5. The van der Waals surface area contributed by atoms with E-state index in [0.29, 0.717) is 17.8 Å². The summed E-state index contributed by atoms with van der Waals surface area (Å²) in [6.07, 6.45) is 4.17. The molecular formula is C11H16BrN3O. The van der Waals surface area contributed by atoms with E-state index in [0.717, 1.165) is 29.7 Å². The Morgan fingerprint density at radius 2 is 2.38 bits per heavy atom. The Labute approximate surface area is 104 Å². The van der Waals surface area contributed by atoms with Gasteiger partial charge in [-0.3, -0.25) is 0 Å². The molecule has 0 unspecified atom stereocenters. The van der Waals surface area contributed by atoms with E-state index in [1.807, 2.05) is 13.0 Å². The van der Waals surface area contributed by atoms with E-state index in [4.69, 9.17) is 10.5 Å². The smallest absolute Gasteiger partial charge is 0.140 e. The van der Waals surface area contributed by atoms with Gasteiger partial charge >= 0.3 is 0 Å². The predicted octanol–water partition coefficient (Wildman–Crippen LogP) is 2.41. The summed E-state index contributed by atoms with van der Waals surface area (Å²) in [5.74, 6) is 0.856. The normalized spacial score (nSPS) is 23.9. The molecule has 2 rings (SSSR count). The van der Waals surface area contributed by atoms with Gasteiger partial charge in [0, 0.05) is 12.6 Å². The maximum Gasteiger partial charge on any atom is 0.140 e. The van der Waals surface area contributed by atoms with Crippen molar-refractivity contribution in [2.75, 3.05) is 17.7 Å². The third kappa shape index (κ3) is 2.65. The standard InChI is InChI=1S/C11H16BrN3O/c1-2-16-9-4-8(5-9)15-11-10(12)3-7(13)6-14-11/h3,6,8-9H,2,4-5,13H2,1H3,(H,14,15). The van der Waals surface area contributed by atoms with Gasteiger partial charge in [-0.15, -0.1) is 0 Å². The fourth-order valence-corrected chi connectivity index (χ4v) is 2.29. The average molecular weight is 286 g/mol. The highest BCUT2D eigenvalue weighted by Crippen LogP contribution is 2.29. The largest absolute Gasteiger partial charge is 0.397 e. The minimum absolute atomic E-state index is 0.412. The molecule has 5 heteroatoms. The molecule has 0 aromatic carbocycles. The number of hydrogen-bond donors (Lipinski definition) is 2. The number of ether oxygens (including phenoxy) is 1. The fourth-order valence-electron chi connectivity index (χ4n) is 1.81. The van der Waals surface area contributed by atoms with E-state index in [1.165, 1.54) is 0 Å². The van der Waals surface area contributed by atoms with Crippen LogP contribution < -0.4 is 11.1 Å². The van der Waals surface area contributed by atoms with Crippen LogP contribution in [0.2, 0.25) is 0 Å². The van der Waals surface area contributed by atoms with Crippen LogP contribution >= 0.6 is 15.9 Å². The first-order valence-corrected chi connectivity index (χ1v) is 6.27. The number of nitrogen functional groups attached to an aromatic ring is 1. The van der Waals surface area contributed by atoms with Crippen molar-refractivity contribution in [2.45, 2.75) is 31.9 Å². The van der Waals surface area contributed by atoms with Gasteiger partial charge in [0.25, 0.3) is 0 Å². The minimum Gasteiger partial charge on any atom is -0.397 e. The van der Waals surface area contributed by atoms with Crippen molar-refractivity contribution in [1.82, 2.24) is 4.98 Å². The first-order chi connectivity index (χ1) is 7.69. The van der Waals surface area contributed by atoms with E-state index >= 15 is 0 Å². The molecule has 0 atom stereocenters. The number of nitrogens with two attached hydrogens (primary N) is 1. The van der Waals surface area contributed by atoms with Gasteiger partial charge in [-0.2, -0.15) is 0 Å². The van der Waals surface area contributed by atoms with Crippen LogP contribution in [0.5, 0.6) is 0 Å². The number of anilines is 2. The van der Waals surface area contributed by atoms with Crippen LogP contribution in [0.3, 0.4) is 0 Å². The number of hydrogen-bond acceptors (Lipinski definition) is 4. The Morgan fingerprint density at radius 3 is 3.00 bits per heavy atom. The molecule has 1 aromatic heterocycles. The zero-order valence-electron chi connectivity index (χ0n) is 9.24. The predicted molar refractivity (Wildman–Crippen MR) is 68.4 cm³/mol. The maximum atomic E-state index is 5.63. The second-order valence-electron chi connectivity index (χ2n) is 3.99. The molecule has 0 bridgehead atoms. The first-order valence-electron chi connectivity index (χ1n) is 5.48. The lowest BCUT2D eigenvalue weighted by Gasteiger charge is -2.35. The van der Waals surface area contributed by atoms with Crippen molar-refractivity contribution in [3.63, 3.8) is 0 Å². The van der Waals surface area contributed by atoms with Crippen LogP contribution in [0, 0.1) is 0 Å². The molecule has 88 valence electrons. The second kappa shape index (κ2) is 5.01. The lowest BCUT2D eigenvalue weighted by atomic mass is 9.89. The SMILES string of the molecule is CCOC1CC(Nc2ncc(N)cc2Br)C1. The second-order valence-corrected chi connectivity index (χ2v) is 4.84. The lowest BCUT2D eigenvalue weighted by molar-refractivity contribution is 0.00291. The number of rotatable bonds is 4. The summed E-state index contributed by atoms with van der Waals surface area (Å²) in [6, 6.07) is 2.32. The van der Waals surface area contributed by atoms with Gasteiger partial charge in [0.05, 0.1) is 22.5 Å². The Bertz CT molecular complexity index is 366. The van der Waals surface area contributed by atoms with Gasteiger partial charge in [0.1, 0.15) is 5.82 Å². The molecule has 0 saturated heterocycles. The number of nitrogens with zero attached hydrogens (tertiary/aromatic N) is 1. The Kier molecular flexibility index (Phi) is 3.66. The van der Waals surface area contributed by atoms with E-state index in [-0.39, 0.29) is 0 Å². The summed E-state index contributed by atoms with van der Waals surface area (Å²) in [4.78, 5) is 4.25. The van der Waals surface area contributed by atoms with E-state index in [9.17, 15) is 0 Å². The Morgan fingerprint density at radius 1 is 1.62 bits per heavy atom. The van der Waals surface area contributed by atoms with Crippen LogP contribution in [0.1, 0.15) is 19.8 Å². The summed E-state index contributed by atoms with van der Waals surface area (Å²) < 4.78 is 6.41. The summed E-state index contributed by atoms with van der Waals surface area (Å²) in [7, 11) is 0. The highest BCUT2D eigenvalue weighted by molar-refractivity contribution is 9.10. The zero-order valence-corrected chi connectivity index (χ0v) is 10.8. The third-order valence-electron chi connectivity index (χ3n) is 2.70. The van der Waals surface area contributed by atoms with Crippen LogP contribution in [-0.4, -0.2) is 23.7 Å². The van der Waals surface area contributed by atoms with Gasteiger partial charge in [-0.25, -0.2) is 4.98 Å². The molecule has 0 amide bonds. The molecule has 1 aliphatic carbocycles. The van der Waals surface area contributed by atoms with Crippen molar-refractivity contribution in [3.05, 3.63) is 16.7 Å². The average Bonchev–Trinajstić information content (AvgIpc) is 2.18. The van der Waals surface area contributed by atoms with Crippen LogP contribution in [0.25, 0.3) is 0 Å². The summed E-state index contributed by atoms with van der Waals surface area (Å²) >= 11 is 3.44. The van der Waals surface area contributed by atoms with Gasteiger partial charge in [-0.05, 0) is 41.8 Å². The number of aromatic nitrogens is 1. The molecule has 0 radical (unpaired) electrons. The quantitative estimate of drug-likeness (QED) is 0.892. The summed E-state index contributed by atoms with van der Waals surface area (Å²) in [6.45, 7) is 2.82. The molecule has 0 aliphatic heterocycles. The van der Waals surface area contributed by atoms with Gasteiger partial charge in [-0.1, -0.05) is 0 Å². The van der Waals surface area contributed by atoms with Crippen LogP contribution in [0.4, 0.5) is 11.5 Å². The Hall–Kier alpha value is -0.810. The first kappa shape index (κ1) is 11.7. The topological polar surface area (TPSA) is 60.2 Å². The third-order valence-corrected chi connectivity index (χ3v) is 3.30. The van der Waals surface area contributed by atoms with Crippen molar-refractivity contribution in [3.8, 4) is 0 Å². The number of halogens is 1. The molecule has 1 saturated carbocycles. The molecule has 1 aromatic rings.